The van der Waals surface area contributed by atoms with Gasteiger partial charge in [-0.1, -0.05) is 11.6 Å². The summed E-state index contributed by atoms with van der Waals surface area (Å²) in [6.07, 6.45) is 1.50. The van der Waals surface area contributed by atoms with Crippen molar-refractivity contribution < 1.29 is 0 Å². The van der Waals surface area contributed by atoms with E-state index in [0.29, 0.717) is 10.7 Å². The van der Waals surface area contributed by atoms with Gasteiger partial charge in [-0.25, -0.2) is 4.98 Å². The lowest BCUT2D eigenvalue weighted by Crippen LogP contribution is -1.79. The Morgan fingerprint density at radius 2 is 2.42 bits per heavy atom. The zero-order valence-electron chi connectivity index (χ0n) is 5.91. The van der Waals surface area contributed by atoms with Gasteiger partial charge in [0.2, 0.25) is 0 Å². The first-order chi connectivity index (χ1) is 5.83. The highest BCUT2D eigenvalue weighted by Crippen LogP contribution is 2.28. The summed E-state index contributed by atoms with van der Waals surface area (Å²) in [7, 11) is 0. The van der Waals surface area contributed by atoms with Crippen molar-refractivity contribution in [1.82, 2.24) is 4.98 Å². The van der Waals surface area contributed by atoms with Crippen molar-refractivity contribution in [2.45, 2.75) is 0 Å². The van der Waals surface area contributed by atoms with Crippen LogP contribution >= 0.6 is 22.9 Å². The summed E-state index contributed by atoms with van der Waals surface area (Å²) < 4.78 is 0.914. The molecule has 2 aromatic heterocycles. The third kappa shape index (κ3) is 0.970. The molecule has 0 radical (unpaired) electrons. The number of nitrogens with zero attached hydrogens (tertiary/aromatic N) is 2. The van der Waals surface area contributed by atoms with E-state index in [1.54, 1.807) is 0 Å². The highest BCUT2D eigenvalue weighted by molar-refractivity contribution is 7.17. The minimum Gasteiger partial charge on any atom is -0.242 e. The second kappa shape index (κ2) is 2.74. The molecule has 58 valence electrons. The number of thiophene rings is 1. The fourth-order valence-electron chi connectivity index (χ4n) is 1.01. The van der Waals surface area contributed by atoms with Crippen molar-refractivity contribution in [3.8, 4) is 6.07 Å². The van der Waals surface area contributed by atoms with E-state index >= 15 is 0 Å². The molecule has 2 heterocycles. The first-order valence-electron chi connectivity index (χ1n) is 3.24. The van der Waals surface area contributed by atoms with E-state index in [1.807, 2.05) is 11.4 Å². The van der Waals surface area contributed by atoms with Crippen LogP contribution in [-0.2, 0) is 0 Å². The van der Waals surface area contributed by atoms with Gasteiger partial charge in [0.05, 0.1) is 10.3 Å². The SMILES string of the molecule is N#Cc1cnc(Cl)c2ccsc12. The summed E-state index contributed by atoms with van der Waals surface area (Å²) in [5.74, 6) is 0. The molecule has 0 atom stereocenters. The van der Waals surface area contributed by atoms with Crippen LogP contribution in [-0.4, -0.2) is 4.98 Å². The van der Waals surface area contributed by atoms with Crippen molar-refractivity contribution in [2.75, 3.05) is 0 Å². The predicted molar refractivity (Wildman–Crippen MR) is 49.3 cm³/mol. The third-order valence-corrected chi connectivity index (χ3v) is 2.81. The Labute approximate surface area is 78.0 Å². The average molecular weight is 195 g/mol. The van der Waals surface area contributed by atoms with Gasteiger partial charge in [-0.15, -0.1) is 11.3 Å². The molecule has 0 unspecified atom stereocenters. The van der Waals surface area contributed by atoms with Crippen LogP contribution in [0.15, 0.2) is 17.6 Å². The molecular formula is C8H3ClN2S. The molecule has 4 heteroatoms. The van der Waals surface area contributed by atoms with Gasteiger partial charge in [0, 0.05) is 11.6 Å². The largest absolute Gasteiger partial charge is 0.242 e. The molecule has 2 rings (SSSR count). The summed E-state index contributed by atoms with van der Waals surface area (Å²) in [5.41, 5.74) is 0.587. The first-order valence-corrected chi connectivity index (χ1v) is 4.50. The Hall–Kier alpha value is -1.11. The Morgan fingerprint density at radius 1 is 1.58 bits per heavy atom. The highest BCUT2D eigenvalue weighted by Gasteiger charge is 2.05. The molecule has 0 aliphatic heterocycles. The number of nitriles is 1. The summed E-state index contributed by atoms with van der Waals surface area (Å²) >= 11 is 7.32. The maximum absolute atomic E-state index is 8.72. The first kappa shape index (κ1) is 7.53. The molecule has 0 spiro atoms. The standard InChI is InChI=1S/C8H3ClN2S/c9-8-6-1-2-12-7(6)5(3-10)4-11-8/h1-2,4H. The van der Waals surface area contributed by atoms with Crippen LogP contribution < -0.4 is 0 Å². The monoisotopic (exact) mass is 194 g/mol. The third-order valence-electron chi connectivity index (χ3n) is 1.56. The molecule has 0 aromatic carbocycles. The van der Waals surface area contributed by atoms with Crippen molar-refractivity contribution in [2.24, 2.45) is 0 Å². The number of halogens is 1. The van der Waals surface area contributed by atoms with E-state index in [4.69, 9.17) is 16.9 Å². The fourth-order valence-corrected chi connectivity index (χ4v) is 2.13. The van der Waals surface area contributed by atoms with E-state index in [9.17, 15) is 0 Å². The van der Waals surface area contributed by atoms with Gasteiger partial charge in [0.15, 0.2) is 0 Å². The van der Waals surface area contributed by atoms with Crippen LogP contribution in [0.5, 0.6) is 0 Å². The van der Waals surface area contributed by atoms with Crippen LogP contribution in [0, 0.1) is 11.3 Å². The van der Waals surface area contributed by atoms with E-state index in [-0.39, 0.29) is 0 Å². The summed E-state index contributed by atoms with van der Waals surface area (Å²) in [4.78, 5) is 3.90. The second-order valence-corrected chi connectivity index (χ2v) is 3.51. The number of pyridine rings is 1. The molecule has 0 aliphatic carbocycles. The predicted octanol–water partition coefficient (Wildman–Crippen LogP) is 2.82. The molecule has 0 saturated heterocycles. The maximum Gasteiger partial charge on any atom is 0.137 e. The number of hydrogen-bond donors (Lipinski definition) is 0. The molecule has 0 amide bonds. The molecule has 2 nitrogen and oxygen atoms in total. The van der Waals surface area contributed by atoms with Gasteiger partial charge in [-0.05, 0) is 11.4 Å². The van der Waals surface area contributed by atoms with E-state index < -0.39 is 0 Å². The highest BCUT2D eigenvalue weighted by atomic mass is 35.5. The van der Waals surface area contributed by atoms with Crippen molar-refractivity contribution in [1.29, 1.82) is 5.26 Å². The zero-order chi connectivity index (χ0) is 8.55. The molecule has 0 fully saturated rings. The average Bonchev–Trinajstić information content (AvgIpc) is 2.54. The molecule has 0 aliphatic rings. The summed E-state index contributed by atoms with van der Waals surface area (Å²) in [5, 5.41) is 11.9. The van der Waals surface area contributed by atoms with Gasteiger partial charge in [0.1, 0.15) is 11.2 Å². The quantitative estimate of drug-likeness (QED) is 0.605. The van der Waals surface area contributed by atoms with Gasteiger partial charge in [0.25, 0.3) is 0 Å². The Kier molecular flexibility index (Phi) is 1.72. The molecule has 0 bridgehead atoms. The molecule has 0 saturated carbocycles. The van der Waals surface area contributed by atoms with Crippen LogP contribution in [0.1, 0.15) is 5.56 Å². The van der Waals surface area contributed by atoms with Gasteiger partial charge in [-0.3, -0.25) is 0 Å². The van der Waals surface area contributed by atoms with Crippen LogP contribution in [0.3, 0.4) is 0 Å². The van der Waals surface area contributed by atoms with Crippen LogP contribution in [0.2, 0.25) is 5.15 Å². The van der Waals surface area contributed by atoms with E-state index in [0.717, 1.165) is 10.1 Å². The van der Waals surface area contributed by atoms with E-state index in [2.05, 4.69) is 11.1 Å². The Bertz CT molecular complexity index is 469. The lowest BCUT2D eigenvalue weighted by molar-refractivity contribution is 1.34. The smallest absolute Gasteiger partial charge is 0.137 e. The van der Waals surface area contributed by atoms with Crippen molar-refractivity contribution in [3.63, 3.8) is 0 Å². The number of hydrogen-bond acceptors (Lipinski definition) is 3. The number of aromatic nitrogens is 1. The zero-order valence-corrected chi connectivity index (χ0v) is 7.49. The number of rotatable bonds is 0. The maximum atomic E-state index is 8.72. The normalized spacial score (nSPS) is 10.0. The van der Waals surface area contributed by atoms with Gasteiger partial charge < -0.3 is 0 Å². The molecule has 0 N–H and O–H groups in total. The van der Waals surface area contributed by atoms with Crippen molar-refractivity contribution >= 4 is 33.0 Å². The Balaban J connectivity index is 2.94. The Morgan fingerprint density at radius 3 is 3.17 bits per heavy atom. The minimum absolute atomic E-state index is 0.463. The number of fused-ring (bicyclic) bond motifs is 1. The van der Waals surface area contributed by atoms with Crippen LogP contribution in [0.4, 0.5) is 0 Å². The second-order valence-electron chi connectivity index (χ2n) is 2.24. The molecule has 12 heavy (non-hydrogen) atoms. The van der Waals surface area contributed by atoms with Gasteiger partial charge >= 0.3 is 0 Å². The van der Waals surface area contributed by atoms with Gasteiger partial charge in [-0.2, -0.15) is 5.26 Å². The van der Waals surface area contributed by atoms with E-state index in [1.165, 1.54) is 17.5 Å². The topological polar surface area (TPSA) is 36.7 Å². The fraction of sp³-hybridized carbons (Fsp3) is 0. The molecular weight excluding hydrogens is 192 g/mol. The summed E-state index contributed by atoms with van der Waals surface area (Å²) in [6, 6.07) is 3.94. The minimum atomic E-state index is 0.463. The lowest BCUT2D eigenvalue weighted by atomic mass is 10.2. The lowest BCUT2D eigenvalue weighted by Gasteiger charge is -1.93. The summed E-state index contributed by atoms with van der Waals surface area (Å²) in [6.45, 7) is 0. The molecule has 2 aromatic rings. The van der Waals surface area contributed by atoms with Crippen LogP contribution in [0.25, 0.3) is 10.1 Å². The van der Waals surface area contributed by atoms with Crippen molar-refractivity contribution in [3.05, 3.63) is 28.4 Å².